The van der Waals surface area contributed by atoms with Crippen LogP contribution in [0.25, 0.3) is 0 Å². The monoisotopic (exact) mass is 279 g/mol. The van der Waals surface area contributed by atoms with E-state index in [9.17, 15) is 9.18 Å². The average molecular weight is 279 g/mol. The molecule has 0 N–H and O–H groups in total. The predicted octanol–water partition coefficient (Wildman–Crippen LogP) is 2.76. The van der Waals surface area contributed by atoms with Crippen LogP contribution in [0.5, 0.6) is 0 Å². The number of benzene rings is 1. The van der Waals surface area contributed by atoms with Gasteiger partial charge in [0.1, 0.15) is 5.82 Å². The van der Waals surface area contributed by atoms with E-state index in [4.69, 9.17) is 4.74 Å². The summed E-state index contributed by atoms with van der Waals surface area (Å²) < 4.78 is 18.0. The Morgan fingerprint density at radius 2 is 2.15 bits per heavy atom. The number of nitrogens with zero attached hydrogens (tertiary/aromatic N) is 1. The maximum Gasteiger partial charge on any atom is 0.164 e. The van der Waals surface area contributed by atoms with Crippen LogP contribution in [0.1, 0.15) is 29.6 Å². The summed E-state index contributed by atoms with van der Waals surface area (Å²) in [6.45, 7) is 3.63. The Morgan fingerprint density at radius 3 is 2.85 bits per heavy atom. The van der Waals surface area contributed by atoms with Gasteiger partial charge in [0.2, 0.25) is 0 Å². The van der Waals surface area contributed by atoms with Crippen molar-refractivity contribution in [2.24, 2.45) is 5.92 Å². The van der Waals surface area contributed by atoms with Crippen molar-refractivity contribution in [3.63, 3.8) is 0 Å². The topological polar surface area (TPSA) is 29.5 Å². The lowest BCUT2D eigenvalue weighted by atomic mass is 9.98. The van der Waals surface area contributed by atoms with E-state index in [1.807, 2.05) is 0 Å². The van der Waals surface area contributed by atoms with Crippen LogP contribution < -0.4 is 0 Å². The van der Waals surface area contributed by atoms with Crippen molar-refractivity contribution in [1.82, 2.24) is 4.90 Å². The van der Waals surface area contributed by atoms with E-state index >= 15 is 0 Å². The largest absolute Gasteiger partial charge is 0.384 e. The summed E-state index contributed by atoms with van der Waals surface area (Å²) in [5.74, 6) is 0.355. The Bertz CT molecular complexity index is 431. The molecule has 1 aromatic carbocycles. The number of hydrogen-bond acceptors (Lipinski definition) is 3. The maximum atomic E-state index is 12.8. The van der Waals surface area contributed by atoms with Crippen LogP contribution in [0.2, 0.25) is 0 Å². The van der Waals surface area contributed by atoms with Crippen LogP contribution in [-0.4, -0.2) is 44.0 Å². The van der Waals surface area contributed by atoms with Gasteiger partial charge in [0.05, 0.1) is 6.61 Å². The van der Waals surface area contributed by atoms with Gasteiger partial charge in [0, 0.05) is 32.2 Å². The average Bonchev–Trinajstić information content (AvgIpc) is 2.46. The number of rotatable bonds is 6. The maximum absolute atomic E-state index is 12.8. The summed E-state index contributed by atoms with van der Waals surface area (Å²) >= 11 is 0. The van der Waals surface area contributed by atoms with Crippen LogP contribution in [0.4, 0.5) is 4.39 Å². The highest BCUT2D eigenvalue weighted by molar-refractivity contribution is 5.96. The fraction of sp³-hybridized carbons (Fsp3) is 0.562. The third-order valence-electron chi connectivity index (χ3n) is 3.83. The summed E-state index contributed by atoms with van der Waals surface area (Å²) in [6.07, 6.45) is 2.86. The van der Waals surface area contributed by atoms with E-state index in [0.717, 1.165) is 26.2 Å². The molecule has 0 aliphatic carbocycles. The highest BCUT2D eigenvalue weighted by atomic mass is 19.1. The molecule has 0 aromatic heterocycles. The lowest BCUT2D eigenvalue weighted by molar-refractivity contribution is 0.0831. The number of methoxy groups -OCH3 is 1. The fourth-order valence-corrected chi connectivity index (χ4v) is 2.77. The van der Waals surface area contributed by atoms with E-state index in [-0.39, 0.29) is 11.6 Å². The van der Waals surface area contributed by atoms with Gasteiger partial charge in [0.15, 0.2) is 5.78 Å². The molecule has 1 atom stereocenters. The Kier molecular flexibility index (Phi) is 5.68. The minimum Gasteiger partial charge on any atom is -0.384 e. The molecule has 1 fully saturated rings. The number of carbonyl (C=O) groups is 1. The highest BCUT2D eigenvalue weighted by Gasteiger charge is 2.20. The summed E-state index contributed by atoms with van der Waals surface area (Å²) in [7, 11) is 1.73. The van der Waals surface area contributed by atoms with Crippen molar-refractivity contribution < 1.29 is 13.9 Å². The molecule has 1 aromatic rings. The van der Waals surface area contributed by atoms with Gasteiger partial charge in [-0.3, -0.25) is 4.79 Å². The molecule has 3 nitrogen and oxygen atoms in total. The van der Waals surface area contributed by atoms with E-state index in [1.54, 1.807) is 19.2 Å². The number of halogens is 1. The number of ether oxygens (including phenoxy) is 1. The number of piperidine rings is 1. The molecule has 0 amide bonds. The summed E-state index contributed by atoms with van der Waals surface area (Å²) in [5, 5.41) is 0. The highest BCUT2D eigenvalue weighted by Crippen LogP contribution is 2.17. The zero-order chi connectivity index (χ0) is 14.4. The number of Topliss-reactive ketones (excluding diaryl/α,β-unsaturated/α-hetero) is 1. The van der Waals surface area contributed by atoms with Gasteiger partial charge >= 0.3 is 0 Å². The van der Waals surface area contributed by atoms with Crippen LogP contribution >= 0.6 is 0 Å². The van der Waals surface area contributed by atoms with E-state index < -0.39 is 0 Å². The van der Waals surface area contributed by atoms with Gasteiger partial charge in [-0.05, 0) is 49.6 Å². The number of ketones is 1. The molecule has 4 heteroatoms. The Hall–Kier alpha value is -1.26. The SMILES string of the molecule is COCC1CCCN(CCC(=O)c2ccc(F)cc2)C1. The first-order valence-electron chi connectivity index (χ1n) is 7.19. The minimum absolute atomic E-state index is 0.0823. The quantitative estimate of drug-likeness (QED) is 0.750. The fourth-order valence-electron chi connectivity index (χ4n) is 2.77. The van der Waals surface area contributed by atoms with Crippen molar-refractivity contribution in [1.29, 1.82) is 0 Å². The molecule has 0 radical (unpaired) electrons. The minimum atomic E-state index is -0.306. The van der Waals surface area contributed by atoms with E-state index in [2.05, 4.69) is 4.90 Å². The van der Waals surface area contributed by atoms with Crippen LogP contribution in [0.15, 0.2) is 24.3 Å². The standard InChI is InChI=1S/C16H22FNO2/c1-20-12-13-3-2-9-18(11-13)10-8-16(19)14-4-6-15(17)7-5-14/h4-7,13H,2-3,8-12H2,1H3. The van der Waals surface area contributed by atoms with Crippen molar-refractivity contribution in [3.05, 3.63) is 35.6 Å². The van der Waals surface area contributed by atoms with Gasteiger partial charge in [-0.1, -0.05) is 0 Å². The molecule has 0 bridgehead atoms. The first-order chi connectivity index (χ1) is 9.69. The zero-order valence-corrected chi connectivity index (χ0v) is 12.0. The molecule has 20 heavy (non-hydrogen) atoms. The van der Waals surface area contributed by atoms with Crippen LogP contribution in [-0.2, 0) is 4.74 Å². The third kappa shape index (κ3) is 4.39. The molecule has 1 unspecified atom stereocenters. The predicted molar refractivity (Wildman–Crippen MR) is 76.4 cm³/mol. The summed E-state index contributed by atoms with van der Waals surface area (Å²) in [5.41, 5.74) is 0.594. The second-order valence-corrected chi connectivity index (χ2v) is 5.44. The van der Waals surface area contributed by atoms with Gasteiger partial charge in [-0.2, -0.15) is 0 Å². The molecule has 0 saturated carbocycles. The Morgan fingerprint density at radius 1 is 1.40 bits per heavy atom. The van der Waals surface area contributed by atoms with Gasteiger partial charge in [0.25, 0.3) is 0 Å². The third-order valence-corrected chi connectivity index (χ3v) is 3.83. The second-order valence-electron chi connectivity index (χ2n) is 5.44. The van der Waals surface area contributed by atoms with Gasteiger partial charge in [-0.25, -0.2) is 4.39 Å². The van der Waals surface area contributed by atoms with Gasteiger partial charge in [-0.15, -0.1) is 0 Å². The molecule has 2 rings (SSSR count). The van der Waals surface area contributed by atoms with Crippen molar-refractivity contribution in [3.8, 4) is 0 Å². The summed E-state index contributed by atoms with van der Waals surface area (Å²) in [4.78, 5) is 14.4. The van der Waals surface area contributed by atoms with Crippen molar-refractivity contribution >= 4 is 5.78 Å². The second kappa shape index (κ2) is 7.50. The number of hydrogen-bond donors (Lipinski definition) is 0. The lowest BCUT2D eigenvalue weighted by Crippen LogP contribution is -2.38. The summed E-state index contributed by atoms with van der Waals surface area (Å²) in [6, 6.07) is 5.79. The molecular weight excluding hydrogens is 257 g/mol. The first kappa shape index (κ1) is 15.1. The Labute approximate surface area is 119 Å². The normalized spacial score (nSPS) is 20.0. The molecule has 1 heterocycles. The number of carbonyl (C=O) groups excluding carboxylic acids is 1. The van der Waals surface area contributed by atoms with Crippen molar-refractivity contribution in [2.45, 2.75) is 19.3 Å². The number of likely N-dealkylation sites (tertiary alicyclic amines) is 1. The smallest absolute Gasteiger partial charge is 0.164 e. The van der Waals surface area contributed by atoms with E-state index in [1.165, 1.54) is 25.0 Å². The van der Waals surface area contributed by atoms with Crippen molar-refractivity contribution in [2.75, 3.05) is 33.4 Å². The van der Waals surface area contributed by atoms with E-state index in [0.29, 0.717) is 17.9 Å². The Balaban J connectivity index is 1.79. The molecule has 0 spiro atoms. The first-order valence-corrected chi connectivity index (χ1v) is 7.19. The lowest BCUT2D eigenvalue weighted by Gasteiger charge is -2.32. The zero-order valence-electron chi connectivity index (χ0n) is 12.0. The van der Waals surface area contributed by atoms with Gasteiger partial charge < -0.3 is 9.64 Å². The molecule has 1 aliphatic rings. The molecule has 110 valence electrons. The van der Waals surface area contributed by atoms with Crippen LogP contribution in [0.3, 0.4) is 0 Å². The molecular formula is C16H22FNO2. The van der Waals surface area contributed by atoms with Crippen LogP contribution in [0, 0.1) is 11.7 Å². The molecule has 1 saturated heterocycles. The molecule has 1 aliphatic heterocycles.